The summed E-state index contributed by atoms with van der Waals surface area (Å²) in [5.41, 5.74) is 0.675. The van der Waals surface area contributed by atoms with Crippen LogP contribution < -0.4 is 19.7 Å². The van der Waals surface area contributed by atoms with Gasteiger partial charge in [0.15, 0.2) is 11.5 Å². The van der Waals surface area contributed by atoms with E-state index < -0.39 is 5.92 Å². The Balaban J connectivity index is 1.64. The van der Waals surface area contributed by atoms with Gasteiger partial charge in [0, 0.05) is 38.8 Å². The molecule has 1 N–H and O–H groups in total. The molecule has 1 aromatic carbocycles. The van der Waals surface area contributed by atoms with Crippen molar-refractivity contribution in [2.45, 2.75) is 6.42 Å². The van der Waals surface area contributed by atoms with E-state index in [1.54, 1.807) is 37.2 Å². The molecule has 8 heteroatoms. The van der Waals surface area contributed by atoms with Gasteiger partial charge in [-0.15, -0.1) is 0 Å². The van der Waals surface area contributed by atoms with Crippen LogP contribution in [0.3, 0.4) is 0 Å². The number of anilines is 1. The van der Waals surface area contributed by atoms with Gasteiger partial charge in [0.25, 0.3) is 0 Å². The molecule has 0 spiro atoms. The van der Waals surface area contributed by atoms with E-state index in [9.17, 15) is 14.4 Å². The van der Waals surface area contributed by atoms with Gasteiger partial charge in [-0.05, 0) is 12.1 Å². The molecule has 3 rings (SSSR count). The van der Waals surface area contributed by atoms with Gasteiger partial charge in [0.2, 0.25) is 17.7 Å². The van der Waals surface area contributed by atoms with Crippen molar-refractivity contribution in [2.24, 2.45) is 5.92 Å². The van der Waals surface area contributed by atoms with Gasteiger partial charge in [-0.25, -0.2) is 0 Å². The van der Waals surface area contributed by atoms with Crippen LogP contribution in [0.4, 0.5) is 5.69 Å². The summed E-state index contributed by atoms with van der Waals surface area (Å²) < 4.78 is 11.0. The number of nitrogens with zero attached hydrogens (tertiary/aromatic N) is 2. The highest BCUT2D eigenvalue weighted by Gasteiger charge is 2.35. The highest BCUT2D eigenvalue weighted by Crippen LogP contribution is 2.35. The predicted octanol–water partition coefficient (Wildman–Crippen LogP) is 0.0151. The number of carbonyl (C=O) groups excluding carboxylic acids is 3. The molecule has 0 saturated carbocycles. The van der Waals surface area contributed by atoms with E-state index >= 15 is 0 Å². The number of likely N-dealkylation sites (N-methyl/N-ethyl adjacent to an activating group) is 1. The molecular formula is C17H21N3O5. The lowest BCUT2D eigenvalue weighted by atomic mass is 10.1. The second-order valence-electron chi connectivity index (χ2n) is 6.24. The Bertz CT molecular complexity index is 704. The quantitative estimate of drug-likeness (QED) is 0.829. The Morgan fingerprint density at radius 2 is 1.96 bits per heavy atom. The van der Waals surface area contributed by atoms with Crippen LogP contribution in [0.25, 0.3) is 0 Å². The maximum absolute atomic E-state index is 12.3. The van der Waals surface area contributed by atoms with Crippen LogP contribution in [0.15, 0.2) is 18.2 Å². The summed E-state index contributed by atoms with van der Waals surface area (Å²) in [5.74, 6) is 0.163. The molecule has 0 unspecified atom stereocenters. The highest BCUT2D eigenvalue weighted by molar-refractivity contribution is 6.01. The lowest BCUT2D eigenvalue weighted by Crippen LogP contribution is -2.39. The maximum Gasteiger partial charge on any atom is 0.241 e. The standard InChI is InChI=1S/C17H21N3O5/c1-19(2)16(22)9-18-17(23)11-7-15(21)20(10-11)12-3-4-13-14(8-12)25-6-5-24-13/h3-4,8,11H,5-7,9-10H2,1-2H3,(H,18,23)/t11-/m0/s1. The monoisotopic (exact) mass is 347 g/mol. The molecule has 8 nitrogen and oxygen atoms in total. The molecule has 2 heterocycles. The van der Waals surface area contributed by atoms with Crippen molar-refractivity contribution < 1.29 is 23.9 Å². The number of amides is 3. The normalized spacial score (nSPS) is 18.9. The van der Waals surface area contributed by atoms with Gasteiger partial charge in [-0.2, -0.15) is 0 Å². The molecule has 1 aromatic rings. The number of carbonyl (C=O) groups is 3. The van der Waals surface area contributed by atoms with Gasteiger partial charge in [-0.3, -0.25) is 14.4 Å². The Labute approximate surface area is 145 Å². The summed E-state index contributed by atoms with van der Waals surface area (Å²) >= 11 is 0. The molecule has 0 aliphatic carbocycles. The third kappa shape index (κ3) is 3.67. The van der Waals surface area contributed by atoms with E-state index in [2.05, 4.69) is 5.32 Å². The van der Waals surface area contributed by atoms with E-state index in [0.29, 0.717) is 30.4 Å². The first kappa shape index (κ1) is 17.1. The molecule has 0 bridgehead atoms. The number of ether oxygens (including phenoxy) is 2. The SMILES string of the molecule is CN(C)C(=O)CNC(=O)[C@H]1CC(=O)N(c2ccc3c(c2)OCCO3)C1. The van der Waals surface area contributed by atoms with Gasteiger partial charge in [0.1, 0.15) is 13.2 Å². The van der Waals surface area contributed by atoms with Gasteiger partial charge >= 0.3 is 0 Å². The van der Waals surface area contributed by atoms with Crippen molar-refractivity contribution in [1.29, 1.82) is 0 Å². The number of rotatable bonds is 4. The Hall–Kier alpha value is -2.77. The zero-order chi connectivity index (χ0) is 18.0. The smallest absolute Gasteiger partial charge is 0.241 e. The maximum atomic E-state index is 12.3. The fourth-order valence-corrected chi connectivity index (χ4v) is 2.80. The van der Waals surface area contributed by atoms with Gasteiger partial charge < -0.3 is 24.6 Å². The minimum Gasteiger partial charge on any atom is -0.486 e. The second-order valence-corrected chi connectivity index (χ2v) is 6.24. The van der Waals surface area contributed by atoms with E-state index in [-0.39, 0.29) is 37.2 Å². The molecule has 1 fully saturated rings. The van der Waals surface area contributed by atoms with Crippen LogP contribution in [-0.2, 0) is 14.4 Å². The molecule has 1 saturated heterocycles. The predicted molar refractivity (Wildman–Crippen MR) is 89.6 cm³/mol. The summed E-state index contributed by atoms with van der Waals surface area (Å²) in [7, 11) is 3.24. The fourth-order valence-electron chi connectivity index (χ4n) is 2.80. The van der Waals surface area contributed by atoms with Crippen LogP contribution in [0.5, 0.6) is 11.5 Å². The number of hydrogen-bond donors (Lipinski definition) is 1. The van der Waals surface area contributed by atoms with Crippen LogP contribution in [0.2, 0.25) is 0 Å². The summed E-state index contributed by atoms with van der Waals surface area (Å²) in [5, 5.41) is 2.59. The Kier molecular flexibility index (Phi) is 4.78. The third-order valence-electron chi connectivity index (χ3n) is 4.25. The largest absolute Gasteiger partial charge is 0.486 e. The van der Waals surface area contributed by atoms with E-state index in [1.807, 2.05) is 0 Å². The number of fused-ring (bicyclic) bond motifs is 1. The number of hydrogen-bond acceptors (Lipinski definition) is 5. The molecular weight excluding hydrogens is 326 g/mol. The van der Waals surface area contributed by atoms with Crippen molar-refractivity contribution in [3.8, 4) is 11.5 Å². The van der Waals surface area contributed by atoms with Crippen LogP contribution in [0, 0.1) is 5.92 Å². The summed E-state index contributed by atoms with van der Waals surface area (Å²) in [4.78, 5) is 39.1. The first-order chi connectivity index (χ1) is 12.0. The fraction of sp³-hybridized carbons (Fsp3) is 0.471. The molecule has 1 atom stereocenters. The first-order valence-corrected chi connectivity index (χ1v) is 8.13. The van der Waals surface area contributed by atoms with E-state index in [4.69, 9.17) is 9.47 Å². The molecule has 0 aromatic heterocycles. The molecule has 0 radical (unpaired) electrons. The van der Waals surface area contributed by atoms with Crippen LogP contribution in [0.1, 0.15) is 6.42 Å². The molecule has 2 aliphatic heterocycles. The number of nitrogens with one attached hydrogen (secondary N) is 1. The zero-order valence-electron chi connectivity index (χ0n) is 14.3. The van der Waals surface area contributed by atoms with Crippen molar-refractivity contribution in [2.75, 3.05) is 45.3 Å². The van der Waals surface area contributed by atoms with E-state index in [1.165, 1.54) is 4.90 Å². The van der Waals surface area contributed by atoms with Crippen molar-refractivity contribution in [3.05, 3.63) is 18.2 Å². The summed E-state index contributed by atoms with van der Waals surface area (Å²) in [6, 6.07) is 5.30. The Morgan fingerprint density at radius 1 is 1.24 bits per heavy atom. The van der Waals surface area contributed by atoms with Crippen molar-refractivity contribution >= 4 is 23.4 Å². The summed E-state index contributed by atoms with van der Waals surface area (Å²) in [6.45, 7) is 1.18. The van der Waals surface area contributed by atoms with Crippen LogP contribution in [-0.4, -0.2) is 63.0 Å². The van der Waals surface area contributed by atoms with Gasteiger partial charge in [-0.1, -0.05) is 0 Å². The summed E-state index contributed by atoms with van der Waals surface area (Å²) in [6.07, 6.45) is 0.121. The van der Waals surface area contributed by atoms with Gasteiger partial charge in [0.05, 0.1) is 12.5 Å². The molecule has 3 amide bonds. The highest BCUT2D eigenvalue weighted by atomic mass is 16.6. The minimum absolute atomic E-state index is 0.0689. The average Bonchev–Trinajstić information content (AvgIpc) is 3.00. The van der Waals surface area contributed by atoms with Crippen LogP contribution >= 0.6 is 0 Å². The number of benzene rings is 1. The second kappa shape index (κ2) is 7.00. The average molecular weight is 347 g/mol. The third-order valence-corrected chi connectivity index (χ3v) is 4.25. The molecule has 2 aliphatic rings. The topological polar surface area (TPSA) is 88.2 Å². The lowest BCUT2D eigenvalue weighted by molar-refractivity contribution is -0.132. The molecule has 134 valence electrons. The Morgan fingerprint density at radius 3 is 2.68 bits per heavy atom. The van der Waals surface area contributed by atoms with Crippen molar-refractivity contribution in [1.82, 2.24) is 10.2 Å². The first-order valence-electron chi connectivity index (χ1n) is 8.13. The molecule has 25 heavy (non-hydrogen) atoms. The minimum atomic E-state index is -0.476. The zero-order valence-corrected chi connectivity index (χ0v) is 14.3. The lowest BCUT2D eigenvalue weighted by Gasteiger charge is -2.22. The van der Waals surface area contributed by atoms with Crippen molar-refractivity contribution in [3.63, 3.8) is 0 Å². The van der Waals surface area contributed by atoms with E-state index in [0.717, 1.165) is 0 Å².